The molecule has 0 bridgehead atoms. The van der Waals surface area contributed by atoms with Crippen molar-refractivity contribution in [3.8, 4) is 0 Å². The van der Waals surface area contributed by atoms with Gasteiger partial charge in [0.05, 0.1) is 0 Å². The third-order valence-electron chi connectivity index (χ3n) is 1.94. The molecule has 0 aliphatic carbocycles. The Morgan fingerprint density at radius 2 is 2.23 bits per heavy atom. The van der Waals surface area contributed by atoms with E-state index >= 15 is 0 Å². The molecule has 2 heteroatoms. The van der Waals surface area contributed by atoms with E-state index in [1.54, 1.807) is 0 Å². The van der Waals surface area contributed by atoms with E-state index in [0.29, 0.717) is 0 Å². The summed E-state index contributed by atoms with van der Waals surface area (Å²) in [7, 11) is 0. The van der Waals surface area contributed by atoms with Crippen LogP contribution in [0, 0.1) is 0 Å². The number of aryl methyl sites for hydroxylation is 1. The zero-order valence-corrected chi connectivity index (χ0v) is 9.63. The second-order valence-corrected chi connectivity index (χ2v) is 2.88. The summed E-state index contributed by atoms with van der Waals surface area (Å²) in [5, 5.41) is 0. The minimum absolute atomic E-state index is 0. The molecule has 0 amide bonds. The Balaban J connectivity index is 0.00000144. The van der Waals surface area contributed by atoms with Crippen molar-refractivity contribution in [2.75, 3.05) is 0 Å². The van der Waals surface area contributed by atoms with E-state index in [1.165, 1.54) is 18.5 Å². The van der Waals surface area contributed by atoms with E-state index < -0.39 is 0 Å². The third-order valence-corrected chi connectivity index (χ3v) is 1.94. The van der Waals surface area contributed by atoms with Crippen LogP contribution in [0.15, 0.2) is 31.0 Å². The van der Waals surface area contributed by atoms with Crippen molar-refractivity contribution < 1.29 is 21.5 Å². The Labute approximate surface area is 90.9 Å². The van der Waals surface area contributed by atoms with Crippen molar-refractivity contribution in [1.29, 1.82) is 0 Å². The van der Waals surface area contributed by atoms with Crippen molar-refractivity contribution in [3.05, 3.63) is 36.7 Å². The van der Waals surface area contributed by atoms with Crippen LogP contribution in [0.4, 0.5) is 0 Å². The highest BCUT2D eigenvalue weighted by molar-refractivity contribution is 5.36. The lowest BCUT2D eigenvalue weighted by Gasteiger charge is -1.97. The summed E-state index contributed by atoms with van der Waals surface area (Å²) >= 11 is 0. The molecule has 72 valence electrons. The minimum atomic E-state index is 0. The van der Waals surface area contributed by atoms with Gasteiger partial charge in [-0.25, -0.2) is 0 Å². The monoisotopic (exact) mass is 241 g/mol. The molecule has 0 aliphatic heterocycles. The molecular formula is C11H16BrN. The number of unbranched alkanes of at least 4 members (excludes halogenated alkanes) is 1. The number of hydrogen-bond acceptors (Lipinski definition) is 0. The molecule has 0 unspecified atom stereocenters. The van der Waals surface area contributed by atoms with Crippen LogP contribution >= 0.6 is 0 Å². The standard InChI is InChI=1S/C11H16N.BrH/c1-3-5-9-12-10-7-6-8-11(12)4-2;/h4,6-8,10H,2-3,5,9H2,1H3;1H/q+1;/p-1. The summed E-state index contributed by atoms with van der Waals surface area (Å²) in [4.78, 5) is 0. The Morgan fingerprint density at radius 1 is 1.46 bits per heavy atom. The van der Waals surface area contributed by atoms with Crippen LogP contribution in [0.2, 0.25) is 0 Å². The summed E-state index contributed by atoms with van der Waals surface area (Å²) in [6.07, 6.45) is 6.47. The molecular weight excluding hydrogens is 226 g/mol. The van der Waals surface area contributed by atoms with Gasteiger partial charge in [0, 0.05) is 24.6 Å². The molecule has 0 aliphatic rings. The fourth-order valence-electron chi connectivity index (χ4n) is 1.21. The summed E-state index contributed by atoms with van der Waals surface area (Å²) in [5.41, 5.74) is 1.20. The Hall–Kier alpha value is -0.630. The van der Waals surface area contributed by atoms with Gasteiger partial charge in [0.25, 0.3) is 0 Å². The second-order valence-electron chi connectivity index (χ2n) is 2.88. The van der Waals surface area contributed by atoms with Gasteiger partial charge in [-0.3, -0.25) is 0 Å². The second kappa shape index (κ2) is 6.84. The van der Waals surface area contributed by atoms with Crippen molar-refractivity contribution >= 4 is 6.08 Å². The maximum Gasteiger partial charge on any atom is 0.204 e. The lowest BCUT2D eigenvalue weighted by molar-refractivity contribution is -0.699. The Kier molecular flexibility index (Phi) is 6.51. The maximum absolute atomic E-state index is 3.78. The van der Waals surface area contributed by atoms with Crippen LogP contribution in [0.3, 0.4) is 0 Å². The summed E-state index contributed by atoms with van der Waals surface area (Å²) in [6, 6.07) is 6.19. The summed E-state index contributed by atoms with van der Waals surface area (Å²) < 4.78 is 2.23. The molecule has 0 saturated carbocycles. The predicted molar refractivity (Wildman–Crippen MR) is 51.6 cm³/mol. The topological polar surface area (TPSA) is 3.88 Å². The number of pyridine rings is 1. The first-order valence-corrected chi connectivity index (χ1v) is 4.49. The summed E-state index contributed by atoms with van der Waals surface area (Å²) in [6.45, 7) is 7.08. The molecule has 0 saturated heterocycles. The predicted octanol–water partition coefficient (Wildman–Crippen LogP) is -0.579. The first-order valence-electron chi connectivity index (χ1n) is 4.49. The van der Waals surface area contributed by atoms with E-state index in [9.17, 15) is 0 Å². The first kappa shape index (κ1) is 12.4. The fourth-order valence-corrected chi connectivity index (χ4v) is 1.21. The quantitative estimate of drug-likeness (QED) is 0.622. The third kappa shape index (κ3) is 3.73. The molecule has 1 nitrogen and oxygen atoms in total. The Bertz CT molecular complexity index is 258. The van der Waals surface area contributed by atoms with E-state index in [0.717, 1.165) is 6.54 Å². The van der Waals surface area contributed by atoms with Gasteiger partial charge in [0.1, 0.15) is 6.54 Å². The number of aromatic nitrogens is 1. The fraction of sp³-hybridized carbons (Fsp3) is 0.364. The molecule has 0 fully saturated rings. The van der Waals surface area contributed by atoms with Crippen molar-refractivity contribution in [2.24, 2.45) is 0 Å². The normalized spacial score (nSPS) is 9.00. The zero-order chi connectivity index (χ0) is 8.81. The largest absolute Gasteiger partial charge is 1.00 e. The highest BCUT2D eigenvalue weighted by atomic mass is 79.9. The van der Waals surface area contributed by atoms with Gasteiger partial charge in [-0.1, -0.05) is 19.9 Å². The highest BCUT2D eigenvalue weighted by Gasteiger charge is 2.03. The van der Waals surface area contributed by atoms with E-state index in [1.807, 2.05) is 12.1 Å². The van der Waals surface area contributed by atoms with Gasteiger partial charge in [-0.05, 0) is 6.07 Å². The van der Waals surface area contributed by atoms with Crippen molar-refractivity contribution in [1.82, 2.24) is 0 Å². The van der Waals surface area contributed by atoms with E-state index in [-0.39, 0.29) is 17.0 Å². The molecule has 0 N–H and O–H groups in total. The minimum Gasteiger partial charge on any atom is -1.00 e. The SMILES string of the molecule is C=Cc1cccc[n+]1CCCC.[Br-]. The van der Waals surface area contributed by atoms with Crippen molar-refractivity contribution in [2.45, 2.75) is 26.3 Å². The zero-order valence-electron chi connectivity index (χ0n) is 8.04. The van der Waals surface area contributed by atoms with Crippen LogP contribution in [0.1, 0.15) is 25.5 Å². The number of nitrogens with zero attached hydrogens (tertiary/aromatic N) is 1. The molecule has 1 aromatic rings. The average molecular weight is 242 g/mol. The van der Waals surface area contributed by atoms with E-state index in [4.69, 9.17) is 0 Å². The highest BCUT2D eigenvalue weighted by Crippen LogP contribution is 1.94. The average Bonchev–Trinajstić information content (AvgIpc) is 2.15. The van der Waals surface area contributed by atoms with Crippen LogP contribution in [-0.2, 0) is 6.54 Å². The van der Waals surface area contributed by atoms with Gasteiger partial charge in [0.15, 0.2) is 6.20 Å². The Morgan fingerprint density at radius 3 is 2.85 bits per heavy atom. The molecule has 0 aromatic carbocycles. The maximum atomic E-state index is 3.78. The molecule has 1 heterocycles. The van der Waals surface area contributed by atoms with Gasteiger partial charge in [-0.15, -0.1) is 0 Å². The molecule has 0 radical (unpaired) electrons. The lowest BCUT2D eigenvalue weighted by atomic mass is 10.3. The number of halogens is 1. The van der Waals surface area contributed by atoms with Crippen LogP contribution in [0.25, 0.3) is 6.08 Å². The van der Waals surface area contributed by atoms with Gasteiger partial charge < -0.3 is 17.0 Å². The van der Waals surface area contributed by atoms with Crippen LogP contribution in [-0.4, -0.2) is 0 Å². The number of rotatable bonds is 4. The number of hydrogen-bond donors (Lipinski definition) is 0. The van der Waals surface area contributed by atoms with Crippen molar-refractivity contribution in [3.63, 3.8) is 0 Å². The molecule has 0 spiro atoms. The molecule has 0 atom stereocenters. The van der Waals surface area contributed by atoms with E-state index in [2.05, 4.69) is 36.4 Å². The first-order chi connectivity index (χ1) is 5.88. The molecule has 1 aromatic heterocycles. The van der Waals surface area contributed by atoms with Crippen LogP contribution < -0.4 is 21.5 Å². The van der Waals surface area contributed by atoms with Gasteiger partial charge in [-0.2, -0.15) is 4.57 Å². The van der Waals surface area contributed by atoms with Gasteiger partial charge in [0.2, 0.25) is 5.69 Å². The molecule has 13 heavy (non-hydrogen) atoms. The lowest BCUT2D eigenvalue weighted by Crippen LogP contribution is -3.00. The molecule has 1 rings (SSSR count). The van der Waals surface area contributed by atoms with Crippen LogP contribution in [0.5, 0.6) is 0 Å². The van der Waals surface area contributed by atoms with Gasteiger partial charge >= 0.3 is 0 Å². The summed E-state index contributed by atoms with van der Waals surface area (Å²) in [5.74, 6) is 0. The smallest absolute Gasteiger partial charge is 0.204 e.